The lowest BCUT2D eigenvalue weighted by molar-refractivity contribution is -0.147. The molecule has 1 N–H and O–H groups in total. The van der Waals surface area contributed by atoms with Crippen LogP contribution in [0.5, 0.6) is 0 Å². The Bertz CT molecular complexity index is 422. The molecule has 0 amide bonds. The van der Waals surface area contributed by atoms with E-state index in [-0.39, 0.29) is 12.0 Å². The number of carbonyl (C=O) groups excluding carboxylic acids is 1. The minimum absolute atomic E-state index is 0.171. The van der Waals surface area contributed by atoms with Gasteiger partial charge in [-0.1, -0.05) is 0 Å². The predicted molar refractivity (Wildman–Crippen MR) is 80.6 cm³/mol. The Morgan fingerprint density at radius 3 is 2.95 bits per heavy atom. The highest BCUT2D eigenvalue weighted by atomic mass is 79.9. The van der Waals surface area contributed by atoms with E-state index in [0.717, 1.165) is 41.9 Å². The summed E-state index contributed by atoms with van der Waals surface area (Å²) >= 11 is 5.18. The van der Waals surface area contributed by atoms with Crippen LogP contribution in [-0.4, -0.2) is 44.2 Å². The number of halogens is 1. The van der Waals surface area contributed by atoms with Gasteiger partial charge in [-0.05, 0) is 41.9 Å². The Labute approximate surface area is 126 Å². The third-order valence-electron chi connectivity index (χ3n) is 3.31. The van der Waals surface area contributed by atoms with Crippen molar-refractivity contribution >= 4 is 33.2 Å². The van der Waals surface area contributed by atoms with Crippen LogP contribution < -0.4 is 5.32 Å². The number of thiophene rings is 1. The maximum absolute atomic E-state index is 12.2. The van der Waals surface area contributed by atoms with Crippen molar-refractivity contribution in [2.75, 3.05) is 33.3 Å². The summed E-state index contributed by atoms with van der Waals surface area (Å²) in [5.74, 6) is -0.171. The molecule has 1 fully saturated rings. The van der Waals surface area contributed by atoms with Gasteiger partial charge < -0.3 is 10.1 Å². The van der Waals surface area contributed by atoms with Crippen molar-refractivity contribution in [2.24, 2.45) is 0 Å². The molecular weight excluding hydrogens is 328 g/mol. The summed E-state index contributed by atoms with van der Waals surface area (Å²) in [6.07, 6.45) is 1.05. The van der Waals surface area contributed by atoms with Crippen LogP contribution in [0.25, 0.3) is 0 Å². The number of hydrogen-bond acceptors (Lipinski definition) is 5. The largest absolute Gasteiger partial charge is 0.468 e. The van der Waals surface area contributed by atoms with Gasteiger partial charge in [-0.15, -0.1) is 11.3 Å². The maximum atomic E-state index is 12.2. The highest BCUT2D eigenvalue weighted by molar-refractivity contribution is 9.10. The molecule has 1 atom stereocenters. The number of hydrogen-bond donors (Lipinski definition) is 1. The van der Waals surface area contributed by atoms with Crippen molar-refractivity contribution < 1.29 is 9.53 Å². The van der Waals surface area contributed by atoms with Crippen LogP contribution >= 0.6 is 27.3 Å². The summed E-state index contributed by atoms with van der Waals surface area (Å²) in [5, 5.41) is 3.36. The fourth-order valence-electron chi connectivity index (χ4n) is 2.30. The Balaban J connectivity index is 2.26. The van der Waals surface area contributed by atoms with Crippen LogP contribution in [0.2, 0.25) is 0 Å². The smallest absolute Gasteiger partial charge is 0.328 e. The van der Waals surface area contributed by atoms with Crippen LogP contribution in [0.15, 0.2) is 10.5 Å². The minimum Gasteiger partial charge on any atom is -0.468 e. The zero-order valence-corrected chi connectivity index (χ0v) is 13.6. The van der Waals surface area contributed by atoms with Gasteiger partial charge in [0.25, 0.3) is 0 Å². The van der Waals surface area contributed by atoms with Crippen LogP contribution in [0.4, 0.5) is 0 Å². The molecule has 2 heterocycles. The number of esters is 1. The molecule has 1 saturated heterocycles. The summed E-state index contributed by atoms with van der Waals surface area (Å²) < 4.78 is 6.06. The SMILES string of the molecule is COC(=O)C(c1cc(Br)c(C)s1)N1CCCNCC1. The van der Waals surface area contributed by atoms with Gasteiger partial charge in [-0.2, -0.15) is 0 Å². The van der Waals surface area contributed by atoms with Gasteiger partial charge >= 0.3 is 5.97 Å². The van der Waals surface area contributed by atoms with Crippen molar-refractivity contribution in [3.05, 3.63) is 20.3 Å². The topological polar surface area (TPSA) is 41.6 Å². The molecule has 1 unspecified atom stereocenters. The molecule has 1 aliphatic heterocycles. The first-order valence-electron chi connectivity index (χ1n) is 6.42. The fourth-order valence-corrected chi connectivity index (χ4v) is 3.98. The van der Waals surface area contributed by atoms with E-state index in [1.165, 1.54) is 12.0 Å². The van der Waals surface area contributed by atoms with Crippen molar-refractivity contribution in [3.63, 3.8) is 0 Å². The van der Waals surface area contributed by atoms with Crippen LogP contribution in [0.3, 0.4) is 0 Å². The zero-order valence-electron chi connectivity index (χ0n) is 11.2. The third kappa shape index (κ3) is 3.56. The number of nitrogens with one attached hydrogen (secondary N) is 1. The standard InChI is InChI=1S/C13H19BrN2O2S/c1-9-10(14)8-11(19-9)12(13(17)18-2)16-6-3-4-15-5-7-16/h8,12,15H,3-7H2,1-2H3. The molecule has 0 aliphatic carbocycles. The Morgan fingerprint density at radius 1 is 1.53 bits per heavy atom. The second kappa shape index (κ2) is 6.83. The molecule has 19 heavy (non-hydrogen) atoms. The molecule has 1 aromatic heterocycles. The Hall–Kier alpha value is -0.430. The highest BCUT2D eigenvalue weighted by Gasteiger charge is 2.30. The number of carbonyl (C=O) groups is 1. The van der Waals surface area contributed by atoms with Gasteiger partial charge in [0.05, 0.1) is 7.11 Å². The van der Waals surface area contributed by atoms with Crippen molar-refractivity contribution in [3.8, 4) is 0 Å². The second-order valence-corrected chi connectivity index (χ2v) is 6.76. The minimum atomic E-state index is -0.278. The lowest BCUT2D eigenvalue weighted by Gasteiger charge is -2.27. The average Bonchev–Trinajstić information content (AvgIpc) is 2.61. The Kier molecular flexibility index (Phi) is 5.38. The second-order valence-electron chi connectivity index (χ2n) is 4.62. The van der Waals surface area contributed by atoms with Crippen LogP contribution in [0, 0.1) is 6.92 Å². The van der Waals surface area contributed by atoms with Crippen molar-refractivity contribution in [1.82, 2.24) is 10.2 Å². The maximum Gasteiger partial charge on any atom is 0.328 e. The van der Waals surface area contributed by atoms with Gasteiger partial charge in [0.2, 0.25) is 0 Å². The van der Waals surface area contributed by atoms with E-state index in [9.17, 15) is 4.79 Å². The quantitative estimate of drug-likeness (QED) is 0.853. The van der Waals surface area contributed by atoms with E-state index >= 15 is 0 Å². The number of nitrogens with zero attached hydrogens (tertiary/aromatic N) is 1. The van der Waals surface area contributed by atoms with Crippen LogP contribution in [0.1, 0.15) is 22.2 Å². The normalized spacial score (nSPS) is 18.9. The fraction of sp³-hybridized carbons (Fsp3) is 0.615. The zero-order chi connectivity index (χ0) is 13.8. The first-order chi connectivity index (χ1) is 9.13. The van der Waals surface area contributed by atoms with Gasteiger partial charge in [0, 0.05) is 33.9 Å². The van der Waals surface area contributed by atoms with E-state index in [1.54, 1.807) is 11.3 Å². The summed E-state index contributed by atoms with van der Waals surface area (Å²) in [5.41, 5.74) is 0. The summed E-state index contributed by atoms with van der Waals surface area (Å²) in [6, 6.07) is 1.76. The van der Waals surface area contributed by atoms with Crippen molar-refractivity contribution in [1.29, 1.82) is 0 Å². The molecule has 1 aromatic rings. The number of ether oxygens (including phenoxy) is 1. The first-order valence-corrected chi connectivity index (χ1v) is 8.03. The molecule has 0 spiro atoms. The van der Waals surface area contributed by atoms with E-state index in [1.807, 2.05) is 6.07 Å². The Morgan fingerprint density at radius 2 is 2.32 bits per heavy atom. The van der Waals surface area contributed by atoms with E-state index in [0.29, 0.717) is 0 Å². The van der Waals surface area contributed by atoms with Gasteiger partial charge in [-0.25, -0.2) is 4.79 Å². The number of rotatable bonds is 3. The van der Waals surface area contributed by atoms with Gasteiger partial charge in [0.1, 0.15) is 6.04 Å². The lowest BCUT2D eigenvalue weighted by Crippen LogP contribution is -2.36. The molecule has 0 bridgehead atoms. The van der Waals surface area contributed by atoms with E-state index in [2.05, 4.69) is 33.1 Å². The van der Waals surface area contributed by atoms with Gasteiger partial charge in [-0.3, -0.25) is 4.90 Å². The first kappa shape index (κ1) is 15.0. The molecule has 1 aliphatic rings. The lowest BCUT2D eigenvalue weighted by atomic mass is 10.2. The van der Waals surface area contributed by atoms with Gasteiger partial charge in [0.15, 0.2) is 0 Å². The monoisotopic (exact) mass is 346 g/mol. The summed E-state index contributed by atoms with van der Waals surface area (Å²) in [4.78, 5) is 16.6. The molecular formula is C13H19BrN2O2S. The average molecular weight is 347 g/mol. The molecule has 106 valence electrons. The molecule has 0 radical (unpaired) electrons. The van der Waals surface area contributed by atoms with Crippen molar-refractivity contribution in [2.45, 2.75) is 19.4 Å². The summed E-state index contributed by atoms with van der Waals surface area (Å²) in [7, 11) is 1.46. The molecule has 0 saturated carbocycles. The molecule has 0 aromatic carbocycles. The molecule has 4 nitrogen and oxygen atoms in total. The molecule has 6 heteroatoms. The molecule has 2 rings (SSSR count). The number of methoxy groups -OCH3 is 1. The van der Waals surface area contributed by atoms with E-state index in [4.69, 9.17) is 4.74 Å². The van der Waals surface area contributed by atoms with E-state index < -0.39 is 0 Å². The predicted octanol–water partition coefficient (Wildman–Crippen LogP) is 2.33. The van der Waals surface area contributed by atoms with Crippen LogP contribution in [-0.2, 0) is 9.53 Å². The highest BCUT2D eigenvalue weighted by Crippen LogP contribution is 2.34. The number of aryl methyl sites for hydroxylation is 1. The summed E-state index contributed by atoms with van der Waals surface area (Å²) in [6.45, 7) is 5.77. The third-order valence-corrected chi connectivity index (χ3v) is 5.50.